The van der Waals surface area contributed by atoms with Crippen LogP contribution in [0.4, 0.5) is 0 Å². The third kappa shape index (κ3) is 5.79. The number of amides is 1. The van der Waals surface area contributed by atoms with Crippen molar-refractivity contribution in [2.75, 3.05) is 19.6 Å². The van der Waals surface area contributed by atoms with Gasteiger partial charge < -0.3 is 20.1 Å². The molecule has 1 fully saturated rings. The normalized spacial score (nSPS) is 19.9. The van der Waals surface area contributed by atoms with E-state index in [1.54, 1.807) is 0 Å². The van der Waals surface area contributed by atoms with Crippen LogP contribution in [0.5, 0.6) is 0 Å². The van der Waals surface area contributed by atoms with Crippen LogP contribution >= 0.6 is 24.0 Å². The first kappa shape index (κ1) is 21.9. The van der Waals surface area contributed by atoms with E-state index < -0.39 is 0 Å². The minimum atomic E-state index is 0. The van der Waals surface area contributed by atoms with Crippen LogP contribution in [0.25, 0.3) is 0 Å². The van der Waals surface area contributed by atoms with Crippen molar-refractivity contribution in [3.05, 3.63) is 11.6 Å². The summed E-state index contributed by atoms with van der Waals surface area (Å²) < 4.78 is 2.23. The van der Waals surface area contributed by atoms with Gasteiger partial charge in [0.1, 0.15) is 12.4 Å². The number of likely N-dealkylation sites (tertiary alicyclic amines) is 1. The highest BCUT2D eigenvalue weighted by molar-refractivity contribution is 14.0. The minimum Gasteiger partial charge on any atom is -0.357 e. The van der Waals surface area contributed by atoms with E-state index in [9.17, 15) is 4.79 Å². The molecule has 1 amide bonds. The molecule has 1 aromatic heterocycles. The second-order valence-electron chi connectivity index (χ2n) is 7.01. The largest absolute Gasteiger partial charge is 0.357 e. The quantitative estimate of drug-likeness (QED) is 0.374. The number of aryl methyl sites for hydroxylation is 1. The van der Waals surface area contributed by atoms with E-state index in [1.807, 2.05) is 11.8 Å². The Balaban J connectivity index is 0.00000261. The highest BCUT2D eigenvalue weighted by Gasteiger charge is 2.25. The molecule has 3 heterocycles. The smallest absolute Gasteiger partial charge is 0.222 e. The van der Waals surface area contributed by atoms with E-state index in [0.717, 1.165) is 56.6 Å². The number of rotatable bonds is 5. The summed E-state index contributed by atoms with van der Waals surface area (Å²) in [4.78, 5) is 18.5. The van der Waals surface area contributed by atoms with Gasteiger partial charge in [-0.05, 0) is 26.2 Å². The number of halogens is 1. The van der Waals surface area contributed by atoms with Crippen molar-refractivity contribution in [2.24, 2.45) is 4.99 Å². The average Bonchev–Trinajstić information content (AvgIpc) is 3.20. The highest BCUT2D eigenvalue weighted by atomic mass is 127. The SMILES string of the molecule is CCNC(=NCc1nnc2n1CCCCC2)NC1CCN(C(=O)CC)C1.I. The maximum Gasteiger partial charge on any atom is 0.222 e. The summed E-state index contributed by atoms with van der Waals surface area (Å²) >= 11 is 0. The Bertz CT molecular complexity index is 646. The van der Waals surface area contributed by atoms with Gasteiger partial charge in [-0.1, -0.05) is 13.3 Å². The van der Waals surface area contributed by atoms with Crippen molar-refractivity contribution >= 4 is 35.8 Å². The van der Waals surface area contributed by atoms with Crippen LogP contribution in [-0.4, -0.2) is 57.2 Å². The molecule has 1 aromatic rings. The van der Waals surface area contributed by atoms with E-state index in [1.165, 1.54) is 19.3 Å². The number of carbonyl (C=O) groups is 1. The van der Waals surface area contributed by atoms with E-state index in [-0.39, 0.29) is 35.9 Å². The number of hydrogen-bond acceptors (Lipinski definition) is 4. The van der Waals surface area contributed by atoms with E-state index in [2.05, 4.69) is 32.3 Å². The summed E-state index contributed by atoms with van der Waals surface area (Å²) in [6.07, 6.45) is 6.17. The molecule has 0 aliphatic carbocycles. The van der Waals surface area contributed by atoms with Crippen LogP contribution in [0.1, 0.15) is 57.6 Å². The topological polar surface area (TPSA) is 87.4 Å². The number of carbonyl (C=O) groups excluding carboxylic acids is 1. The molecule has 0 saturated carbocycles. The van der Waals surface area contributed by atoms with Crippen molar-refractivity contribution in [3.8, 4) is 0 Å². The molecule has 27 heavy (non-hydrogen) atoms. The van der Waals surface area contributed by atoms with E-state index in [0.29, 0.717) is 13.0 Å². The van der Waals surface area contributed by atoms with Gasteiger partial charge in [-0.2, -0.15) is 0 Å². The van der Waals surface area contributed by atoms with Crippen molar-refractivity contribution < 1.29 is 4.79 Å². The van der Waals surface area contributed by atoms with Crippen LogP contribution in [-0.2, 0) is 24.3 Å². The molecule has 3 rings (SSSR count). The maximum atomic E-state index is 11.9. The van der Waals surface area contributed by atoms with Gasteiger partial charge in [-0.25, -0.2) is 4.99 Å². The van der Waals surface area contributed by atoms with Crippen LogP contribution in [0.3, 0.4) is 0 Å². The number of nitrogens with zero attached hydrogens (tertiary/aromatic N) is 5. The van der Waals surface area contributed by atoms with Gasteiger partial charge in [0.05, 0.1) is 0 Å². The average molecular weight is 489 g/mol. The molecule has 0 bridgehead atoms. The summed E-state index contributed by atoms with van der Waals surface area (Å²) in [5.74, 6) is 3.04. The molecule has 0 aromatic carbocycles. The molecule has 2 N–H and O–H groups in total. The third-order valence-corrected chi connectivity index (χ3v) is 5.09. The minimum absolute atomic E-state index is 0. The van der Waals surface area contributed by atoms with E-state index in [4.69, 9.17) is 4.99 Å². The summed E-state index contributed by atoms with van der Waals surface area (Å²) in [5.41, 5.74) is 0. The molecular weight excluding hydrogens is 457 g/mol. The Labute approximate surface area is 178 Å². The zero-order chi connectivity index (χ0) is 18.4. The van der Waals surface area contributed by atoms with Crippen molar-refractivity contribution in [1.82, 2.24) is 30.3 Å². The molecule has 0 radical (unpaired) electrons. The fourth-order valence-corrected chi connectivity index (χ4v) is 3.65. The van der Waals surface area contributed by atoms with Crippen LogP contribution in [0.2, 0.25) is 0 Å². The lowest BCUT2D eigenvalue weighted by Gasteiger charge is -2.18. The first-order chi connectivity index (χ1) is 12.7. The molecule has 2 aliphatic heterocycles. The highest BCUT2D eigenvalue weighted by Crippen LogP contribution is 2.15. The van der Waals surface area contributed by atoms with E-state index >= 15 is 0 Å². The second-order valence-corrected chi connectivity index (χ2v) is 7.01. The van der Waals surface area contributed by atoms with Crippen LogP contribution < -0.4 is 10.6 Å². The van der Waals surface area contributed by atoms with Crippen LogP contribution in [0.15, 0.2) is 4.99 Å². The molecule has 1 atom stereocenters. The third-order valence-electron chi connectivity index (χ3n) is 5.09. The molecule has 8 nitrogen and oxygen atoms in total. The Morgan fingerprint density at radius 1 is 1.22 bits per heavy atom. The molecule has 1 unspecified atom stereocenters. The Morgan fingerprint density at radius 3 is 2.85 bits per heavy atom. The first-order valence-corrected chi connectivity index (χ1v) is 9.94. The number of aliphatic imine (C=N–C) groups is 1. The fraction of sp³-hybridized carbons (Fsp3) is 0.778. The summed E-state index contributed by atoms with van der Waals surface area (Å²) in [7, 11) is 0. The zero-order valence-electron chi connectivity index (χ0n) is 16.4. The number of fused-ring (bicyclic) bond motifs is 1. The Kier molecular flexibility index (Phi) is 8.78. The van der Waals surface area contributed by atoms with Crippen LogP contribution in [0, 0.1) is 0 Å². The number of guanidine groups is 1. The number of hydrogen-bond donors (Lipinski definition) is 2. The van der Waals surface area contributed by atoms with Crippen molar-refractivity contribution in [3.63, 3.8) is 0 Å². The lowest BCUT2D eigenvalue weighted by atomic mass is 10.2. The molecule has 0 spiro atoms. The second kappa shape index (κ2) is 10.8. The Hall–Kier alpha value is -1.39. The molecule has 152 valence electrons. The lowest BCUT2D eigenvalue weighted by molar-refractivity contribution is -0.129. The lowest BCUT2D eigenvalue weighted by Crippen LogP contribution is -2.45. The Morgan fingerprint density at radius 2 is 2.07 bits per heavy atom. The number of nitrogens with one attached hydrogen (secondary N) is 2. The number of aromatic nitrogens is 3. The van der Waals surface area contributed by atoms with Gasteiger partial charge in [0.15, 0.2) is 11.8 Å². The van der Waals surface area contributed by atoms with Gasteiger partial charge in [0, 0.05) is 45.1 Å². The first-order valence-electron chi connectivity index (χ1n) is 9.94. The molecule has 9 heteroatoms. The fourth-order valence-electron chi connectivity index (χ4n) is 3.65. The zero-order valence-corrected chi connectivity index (χ0v) is 18.7. The predicted molar refractivity (Wildman–Crippen MR) is 116 cm³/mol. The summed E-state index contributed by atoms with van der Waals surface area (Å²) in [6, 6.07) is 0.249. The van der Waals surface area contributed by atoms with Gasteiger partial charge in [0.25, 0.3) is 0 Å². The monoisotopic (exact) mass is 489 g/mol. The summed E-state index contributed by atoms with van der Waals surface area (Å²) in [6.45, 7) is 7.85. The van der Waals surface area contributed by atoms with Crippen molar-refractivity contribution in [2.45, 2.75) is 71.5 Å². The van der Waals surface area contributed by atoms with Gasteiger partial charge in [0.2, 0.25) is 5.91 Å². The molecular formula is C18H32IN7O. The summed E-state index contributed by atoms with van der Waals surface area (Å²) in [5, 5.41) is 15.5. The standard InChI is InChI=1S/C18H31N7O.HI/c1-3-17(26)24-11-9-14(13-24)21-18(19-4-2)20-12-16-23-22-15-8-6-5-7-10-25(15)16;/h14H,3-13H2,1-2H3,(H2,19,20,21);1H. The van der Waals surface area contributed by atoms with Crippen molar-refractivity contribution in [1.29, 1.82) is 0 Å². The molecule has 2 aliphatic rings. The van der Waals surface area contributed by atoms with Gasteiger partial charge >= 0.3 is 0 Å². The van der Waals surface area contributed by atoms with Gasteiger partial charge in [-0.15, -0.1) is 34.2 Å². The maximum absolute atomic E-state index is 11.9. The van der Waals surface area contributed by atoms with Gasteiger partial charge in [-0.3, -0.25) is 4.79 Å². The predicted octanol–water partition coefficient (Wildman–Crippen LogP) is 1.69. The molecule has 1 saturated heterocycles.